The van der Waals surface area contributed by atoms with Gasteiger partial charge in [-0.15, -0.1) is 0 Å². The highest BCUT2D eigenvalue weighted by atomic mass is 35.5. The van der Waals surface area contributed by atoms with Crippen LogP contribution in [0.4, 0.5) is 5.69 Å². The average Bonchev–Trinajstić information content (AvgIpc) is 2.33. The fourth-order valence-corrected chi connectivity index (χ4v) is 1.57. The molecule has 0 aromatic heterocycles. The third kappa shape index (κ3) is 3.38. The maximum Gasteiger partial charge on any atom is 0.228 e. The highest BCUT2D eigenvalue weighted by Gasteiger charge is 2.15. The maximum absolute atomic E-state index is 11.8. The van der Waals surface area contributed by atoms with E-state index in [1.54, 1.807) is 19.1 Å². The number of ether oxygens (including phenoxy) is 1. The van der Waals surface area contributed by atoms with Gasteiger partial charge in [0.1, 0.15) is 5.75 Å². The van der Waals surface area contributed by atoms with Gasteiger partial charge in [0, 0.05) is 23.4 Å². The Morgan fingerprint density at radius 2 is 2.28 bits per heavy atom. The van der Waals surface area contributed by atoms with E-state index >= 15 is 0 Å². The quantitative estimate of drug-likeness (QED) is 0.911. The number of rotatable bonds is 4. The fraction of sp³-hybridized carbons (Fsp3) is 0.385. The summed E-state index contributed by atoms with van der Waals surface area (Å²) >= 11 is 5.98. The molecule has 0 bridgehead atoms. The molecule has 18 heavy (non-hydrogen) atoms. The third-order valence-corrected chi connectivity index (χ3v) is 2.99. The minimum Gasteiger partial charge on any atom is -0.495 e. The molecule has 0 radical (unpaired) electrons. The van der Waals surface area contributed by atoms with Crippen molar-refractivity contribution in [2.45, 2.75) is 20.3 Å². The van der Waals surface area contributed by atoms with Gasteiger partial charge in [-0.05, 0) is 18.6 Å². The summed E-state index contributed by atoms with van der Waals surface area (Å²) in [5, 5.41) is 11.9. The number of methoxy groups -OCH3 is 1. The standard InChI is InChI=1S/C13H15ClN2O2/c1-8(4-5-15)13(17)16-11-6-9(2)10(14)7-12(11)18-3/h6-8H,4H2,1-3H3,(H,16,17). The van der Waals surface area contributed by atoms with Gasteiger partial charge in [0.15, 0.2) is 0 Å². The van der Waals surface area contributed by atoms with E-state index in [0.717, 1.165) is 5.56 Å². The molecule has 1 aromatic carbocycles. The van der Waals surface area contributed by atoms with Crippen LogP contribution in [0.3, 0.4) is 0 Å². The van der Waals surface area contributed by atoms with Crippen LogP contribution in [0, 0.1) is 24.2 Å². The lowest BCUT2D eigenvalue weighted by atomic mass is 10.1. The van der Waals surface area contributed by atoms with Crippen LogP contribution in [0.25, 0.3) is 0 Å². The first kappa shape index (κ1) is 14.3. The molecular weight excluding hydrogens is 252 g/mol. The van der Waals surface area contributed by atoms with Crippen LogP contribution < -0.4 is 10.1 Å². The van der Waals surface area contributed by atoms with Crippen molar-refractivity contribution in [1.82, 2.24) is 0 Å². The van der Waals surface area contributed by atoms with Crippen LogP contribution in [-0.4, -0.2) is 13.0 Å². The highest BCUT2D eigenvalue weighted by Crippen LogP contribution is 2.31. The lowest BCUT2D eigenvalue weighted by Gasteiger charge is -2.14. The van der Waals surface area contributed by atoms with Crippen molar-refractivity contribution in [3.05, 3.63) is 22.7 Å². The lowest BCUT2D eigenvalue weighted by Crippen LogP contribution is -2.20. The average molecular weight is 267 g/mol. The van der Waals surface area contributed by atoms with Gasteiger partial charge in [0.05, 0.1) is 18.9 Å². The number of anilines is 1. The van der Waals surface area contributed by atoms with Crippen molar-refractivity contribution in [2.24, 2.45) is 5.92 Å². The second-order valence-corrected chi connectivity index (χ2v) is 4.46. The number of nitrogens with one attached hydrogen (secondary N) is 1. The molecule has 1 N–H and O–H groups in total. The molecule has 0 saturated heterocycles. The Kier molecular flexibility index (Phi) is 4.99. The number of hydrogen-bond acceptors (Lipinski definition) is 3. The third-order valence-electron chi connectivity index (χ3n) is 2.58. The first-order chi connectivity index (χ1) is 8.49. The molecule has 0 spiro atoms. The lowest BCUT2D eigenvalue weighted by molar-refractivity contribution is -0.119. The van der Waals surface area contributed by atoms with Crippen LogP contribution in [0.15, 0.2) is 12.1 Å². The minimum absolute atomic E-state index is 0.181. The maximum atomic E-state index is 11.8. The molecule has 4 nitrogen and oxygen atoms in total. The number of amides is 1. The molecule has 1 amide bonds. The van der Waals surface area contributed by atoms with Gasteiger partial charge in [0.25, 0.3) is 0 Å². The van der Waals surface area contributed by atoms with Crippen LogP contribution in [-0.2, 0) is 4.79 Å². The first-order valence-corrected chi connectivity index (χ1v) is 5.89. The zero-order valence-corrected chi connectivity index (χ0v) is 11.3. The second-order valence-electron chi connectivity index (χ2n) is 4.05. The van der Waals surface area contributed by atoms with Gasteiger partial charge in [-0.3, -0.25) is 4.79 Å². The van der Waals surface area contributed by atoms with E-state index < -0.39 is 0 Å². The summed E-state index contributed by atoms with van der Waals surface area (Å²) in [5.74, 6) is -0.0737. The molecule has 0 saturated carbocycles. The monoisotopic (exact) mass is 266 g/mol. The highest BCUT2D eigenvalue weighted by molar-refractivity contribution is 6.31. The number of aryl methyl sites for hydroxylation is 1. The van der Waals surface area contributed by atoms with Crippen molar-refractivity contribution in [3.63, 3.8) is 0 Å². The SMILES string of the molecule is COc1cc(Cl)c(C)cc1NC(=O)C(C)CC#N. The summed E-state index contributed by atoms with van der Waals surface area (Å²) in [6.45, 7) is 3.55. The molecule has 1 unspecified atom stereocenters. The summed E-state index contributed by atoms with van der Waals surface area (Å²) < 4.78 is 5.16. The number of carbonyl (C=O) groups excluding carboxylic acids is 1. The largest absolute Gasteiger partial charge is 0.495 e. The number of nitrogens with zero attached hydrogens (tertiary/aromatic N) is 1. The van der Waals surface area contributed by atoms with Gasteiger partial charge in [-0.2, -0.15) is 5.26 Å². The van der Waals surface area contributed by atoms with E-state index in [-0.39, 0.29) is 18.2 Å². The molecule has 0 aliphatic heterocycles. The van der Waals surface area contributed by atoms with Crippen LogP contribution >= 0.6 is 11.6 Å². The molecule has 1 atom stereocenters. The Hall–Kier alpha value is -1.73. The second kappa shape index (κ2) is 6.27. The fourth-order valence-electron chi connectivity index (χ4n) is 1.42. The zero-order valence-electron chi connectivity index (χ0n) is 10.6. The van der Waals surface area contributed by atoms with Crippen molar-refractivity contribution in [1.29, 1.82) is 5.26 Å². The molecular formula is C13H15ClN2O2. The zero-order chi connectivity index (χ0) is 13.7. The summed E-state index contributed by atoms with van der Waals surface area (Å²) in [6.07, 6.45) is 0.181. The van der Waals surface area contributed by atoms with Gasteiger partial charge in [-0.1, -0.05) is 18.5 Å². The van der Waals surface area contributed by atoms with Crippen molar-refractivity contribution in [2.75, 3.05) is 12.4 Å². The summed E-state index contributed by atoms with van der Waals surface area (Å²) in [4.78, 5) is 11.8. The minimum atomic E-state index is -0.365. The summed E-state index contributed by atoms with van der Waals surface area (Å²) in [6, 6.07) is 5.37. The topological polar surface area (TPSA) is 62.1 Å². The van der Waals surface area contributed by atoms with Gasteiger partial charge in [0.2, 0.25) is 5.91 Å². The predicted octanol–water partition coefficient (Wildman–Crippen LogP) is 3.15. The number of hydrogen-bond donors (Lipinski definition) is 1. The molecule has 1 aromatic rings. The van der Waals surface area contributed by atoms with E-state index in [0.29, 0.717) is 16.5 Å². The molecule has 0 heterocycles. The van der Waals surface area contributed by atoms with Gasteiger partial charge < -0.3 is 10.1 Å². The predicted molar refractivity (Wildman–Crippen MR) is 70.8 cm³/mol. The number of carbonyl (C=O) groups is 1. The van der Waals surface area contributed by atoms with Gasteiger partial charge >= 0.3 is 0 Å². The Balaban J connectivity index is 2.94. The Labute approximate surface area is 112 Å². The van der Waals surface area contributed by atoms with Crippen molar-refractivity contribution < 1.29 is 9.53 Å². The Bertz CT molecular complexity index is 494. The molecule has 96 valence electrons. The summed E-state index contributed by atoms with van der Waals surface area (Å²) in [7, 11) is 1.51. The van der Waals surface area contributed by atoms with Crippen molar-refractivity contribution >= 4 is 23.2 Å². The number of nitriles is 1. The van der Waals surface area contributed by atoms with E-state index in [1.807, 2.05) is 13.0 Å². The molecule has 1 rings (SSSR count). The first-order valence-electron chi connectivity index (χ1n) is 5.51. The van der Waals surface area contributed by atoms with E-state index in [2.05, 4.69) is 5.32 Å². The smallest absolute Gasteiger partial charge is 0.228 e. The van der Waals surface area contributed by atoms with Gasteiger partial charge in [-0.25, -0.2) is 0 Å². The molecule has 0 fully saturated rings. The van der Waals surface area contributed by atoms with E-state index in [9.17, 15) is 4.79 Å². The molecule has 0 aliphatic carbocycles. The number of halogens is 1. The normalized spacial score (nSPS) is 11.5. The van der Waals surface area contributed by atoms with Crippen molar-refractivity contribution in [3.8, 4) is 11.8 Å². The van der Waals surface area contributed by atoms with Crippen LogP contribution in [0.2, 0.25) is 5.02 Å². The number of benzene rings is 1. The molecule has 0 aliphatic rings. The summed E-state index contributed by atoms with van der Waals surface area (Å²) in [5.41, 5.74) is 1.41. The van der Waals surface area contributed by atoms with Crippen LogP contribution in [0.5, 0.6) is 5.75 Å². The van der Waals surface area contributed by atoms with E-state index in [4.69, 9.17) is 21.6 Å². The Morgan fingerprint density at radius 1 is 1.61 bits per heavy atom. The van der Waals surface area contributed by atoms with Crippen LogP contribution in [0.1, 0.15) is 18.9 Å². The Morgan fingerprint density at radius 3 is 2.83 bits per heavy atom. The van der Waals surface area contributed by atoms with E-state index in [1.165, 1.54) is 7.11 Å². The molecule has 5 heteroatoms.